The van der Waals surface area contributed by atoms with Crippen molar-refractivity contribution in [2.75, 3.05) is 13.2 Å². The smallest absolute Gasteiger partial charge is 0.305 e. The maximum Gasteiger partial charge on any atom is 0.305 e. The van der Waals surface area contributed by atoms with E-state index in [0.717, 1.165) is 51.4 Å². The van der Waals surface area contributed by atoms with Gasteiger partial charge in [-0.3, -0.25) is 9.59 Å². The number of nitrogens with one attached hydrogen (secondary N) is 1. The molecular weight excluding hydrogens is 971 g/mol. The van der Waals surface area contributed by atoms with Gasteiger partial charge in [0.2, 0.25) is 5.91 Å². The minimum atomic E-state index is -0.848. The highest BCUT2D eigenvalue weighted by Crippen LogP contribution is 2.18. The number of unbranched alkanes of at least 4 members (excludes halogenated alkanes) is 49. The number of amides is 1. The predicted octanol–water partition coefficient (Wildman–Crippen LogP) is 22.9. The molecule has 3 N–H and O–H groups in total. The summed E-state index contributed by atoms with van der Waals surface area (Å²) in [6.45, 7) is 4.91. The van der Waals surface area contributed by atoms with Crippen molar-refractivity contribution in [3.8, 4) is 0 Å². The standard InChI is InChI=1S/C73H137NO5/c1-3-5-7-9-11-13-15-17-19-21-22-28-31-34-37-41-45-49-53-57-61-65-71(76)70(69-75)74-72(77)66-62-58-54-50-46-42-38-35-32-29-26-24-23-25-27-30-33-36-40-44-48-52-56-60-64-68-79-73(78)67-63-59-55-51-47-43-39-20-18-16-14-12-10-8-6-4-2/h14,16,20,24,26,39,61,65,70-71,75-76H,3-13,15,17-19,21-23,25,27-38,40-60,62-64,66-69H2,1-2H3,(H,74,77)/b16-14-,26-24-,39-20-,65-61+. The van der Waals surface area contributed by atoms with Crippen LogP contribution in [-0.4, -0.2) is 47.4 Å². The van der Waals surface area contributed by atoms with E-state index >= 15 is 0 Å². The lowest BCUT2D eigenvalue weighted by atomic mass is 10.0. The van der Waals surface area contributed by atoms with E-state index in [1.54, 1.807) is 6.08 Å². The maximum atomic E-state index is 12.5. The number of ether oxygens (including phenoxy) is 1. The van der Waals surface area contributed by atoms with Gasteiger partial charge in [0, 0.05) is 12.8 Å². The first kappa shape index (κ1) is 76.8. The van der Waals surface area contributed by atoms with Gasteiger partial charge in [-0.1, -0.05) is 326 Å². The van der Waals surface area contributed by atoms with Crippen LogP contribution in [-0.2, 0) is 14.3 Å². The molecule has 0 aromatic rings. The quantitative estimate of drug-likeness (QED) is 0.0320. The molecule has 0 saturated carbocycles. The van der Waals surface area contributed by atoms with Crippen molar-refractivity contribution in [1.82, 2.24) is 5.32 Å². The molecule has 1 amide bonds. The van der Waals surface area contributed by atoms with Gasteiger partial charge in [-0.15, -0.1) is 0 Å². The van der Waals surface area contributed by atoms with Crippen LogP contribution in [0.25, 0.3) is 0 Å². The summed E-state index contributed by atoms with van der Waals surface area (Å²) in [7, 11) is 0. The topological polar surface area (TPSA) is 95.9 Å². The van der Waals surface area contributed by atoms with Gasteiger partial charge >= 0.3 is 5.97 Å². The Morgan fingerprint density at radius 3 is 0.987 bits per heavy atom. The third-order valence-corrected chi connectivity index (χ3v) is 16.3. The second-order valence-corrected chi connectivity index (χ2v) is 24.2. The molecule has 2 atom stereocenters. The predicted molar refractivity (Wildman–Crippen MR) is 347 cm³/mol. The van der Waals surface area contributed by atoms with Crippen LogP contribution in [0.5, 0.6) is 0 Å². The van der Waals surface area contributed by atoms with E-state index in [0.29, 0.717) is 19.4 Å². The van der Waals surface area contributed by atoms with Gasteiger partial charge in [-0.25, -0.2) is 0 Å². The molecule has 6 nitrogen and oxygen atoms in total. The Balaban J connectivity index is 3.43. The number of hydrogen-bond acceptors (Lipinski definition) is 5. The summed E-state index contributed by atoms with van der Waals surface area (Å²) in [5, 5.41) is 23.2. The number of carbonyl (C=O) groups is 2. The van der Waals surface area contributed by atoms with E-state index in [1.165, 1.54) is 302 Å². The summed E-state index contributed by atoms with van der Waals surface area (Å²) in [5.74, 6) is -0.0684. The van der Waals surface area contributed by atoms with Crippen LogP contribution in [0.4, 0.5) is 0 Å². The molecule has 6 heteroatoms. The van der Waals surface area contributed by atoms with E-state index in [1.807, 2.05) is 6.08 Å². The Kier molecular flexibility index (Phi) is 66.4. The third-order valence-electron chi connectivity index (χ3n) is 16.3. The molecule has 2 unspecified atom stereocenters. The number of hydrogen-bond donors (Lipinski definition) is 3. The minimum Gasteiger partial charge on any atom is -0.466 e. The van der Waals surface area contributed by atoms with E-state index in [2.05, 4.69) is 55.6 Å². The molecule has 0 heterocycles. The zero-order valence-corrected chi connectivity index (χ0v) is 53.1. The normalized spacial score (nSPS) is 12.8. The number of allylic oxidation sites excluding steroid dienone is 7. The van der Waals surface area contributed by atoms with Crippen LogP contribution in [0, 0.1) is 0 Å². The van der Waals surface area contributed by atoms with Crippen molar-refractivity contribution < 1.29 is 24.5 Å². The first-order valence-corrected chi connectivity index (χ1v) is 35.4. The molecule has 0 bridgehead atoms. The van der Waals surface area contributed by atoms with Gasteiger partial charge in [0.15, 0.2) is 0 Å². The van der Waals surface area contributed by atoms with Gasteiger partial charge in [0.25, 0.3) is 0 Å². The molecule has 0 saturated heterocycles. The van der Waals surface area contributed by atoms with Crippen LogP contribution < -0.4 is 5.32 Å². The lowest BCUT2D eigenvalue weighted by Crippen LogP contribution is -2.45. The Bertz CT molecular complexity index is 1320. The number of aliphatic hydroxyl groups is 2. The second kappa shape index (κ2) is 68.3. The van der Waals surface area contributed by atoms with Crippen LogP contribution in [0.3, 0.4) is 0 Å². The Morgan fingerprint density at radius 2 is 0.633 bits per heavy atom. The lowest BCUT2D eigenvalue weighted by Gasteiger charge is -2.20. The van der Waals surface area contributed by atoms with Crippen LogP contribution in [0.1, 0.15) is 380 Å². The molecule has 0 aliphatic carbocycles. The van der Waals surface area contributed by atoms with E-state index in [9.17, 15) is 19.8 Å². The Labute approximate surface area is 493 Å². The molecule has 0 radical (unpaired) electrons. The third kappa shape index (κ3) is 64.8. The Morgan fingerprint density at radius 1 is 0.354 bits per heavy atom. The molecule has 0 aliphatic rings. The summed E-state index contributed by atoms with van der Waals surface area (Å²) >= 11 is 0. The monoisotopic (exact) mass is 1110 g/mol. The highest BCUT2D eigenvalue weighted by atomic mass is 16.5. The maximum absolute atomic E-state index is 12.5. The summed E-state index contributed by atoms with van der Waals surface area (Å²) < 4.78 is 5.49. The molecule has 79 heavy (non-hydrogen) atoms. The number of carbonyl (C=O) groups excluding carboxylic acids is 2. The fourth-order valence-electron chi connectivity index (χ4n) is 10.9. The SMILES string of the molecule is CCCCCC/C=C\C/C=C\CCCCCCCC(=O)OCCCCCCCCCCCCCC/C=C\CCCCCCCCCCCC(=O)NC(CO)C(O)/C=C/CCCCCCCCCCCCCCCCCCCCC. The largest absolute Gasteiger partial charge is 0.466 e. The van der Waals surface area contributed by atoms with Crippen molar-refractivity contribution in [3.05, 3.63) is 48.6 Å². The van der Waals surface area contributed by atoms with Crippen LogP contribution in [0.2, 0.25) is 0 Å². The van der Waals surface area contributed by atoms with Gasteiger partial charge in [-0.2, -0.15) is 0 Å². The van der Waals surface area contributed by atoms with Crippen molar-refractivity contribution in [1.29, 1.82) is 0 Å². The number of rotatable bonds is 66. The first-order valence-electron chi connectivity index (χ1n) is 35.4. The first-order chi connectivity index (χ1) is 39.0. The summed E-state index contributed by atoms with van der Waals surface area (Å²) in [6, 6.07) is -0.632. The second-order valence-electron chi connectivity index (χ2n) is 24.2. The molecule has 0 spiro atoms. The zero-order chi connectivity index (χ0) is 57.1. The van der Waals surface area contributed by atoms with Crippen molar-refractivity contribution in [2.45, 2.75) is 392 Å². The molecule has 0 aromatic carbocycles. The fourth-order valence-corrected chi connectivity index (χ4v) is 10.9. The molecule has 0 rings (SSSR count). The highest BCUT2D eigenvalue weighted by Gasteiger charge is 2.18. The van der Waals surface area contributed by atoms with Crippen LogP contribution >= 0.6 is 0 Å². The van der Waals surface area contributed by atoms with E-state index in [4.69, 9.17) is 4.74 Å². The van der Waals surface area contributed by atoms with Gasteiger partial charge < -0.3 is 20.3 Å². The average molecular weight is 1110 g/mol. The number of aliphatic hydroxyl groups excluding tert-OH is 2. The molecule has 0 aromatic heterocycles. The van der Waals surface area contributed by atoms with Gasteiger partial charge in [0.05, 0.1) is 25.4 Å². The van der Waals surface area contributed by atoms with Crippen molar-refractivity contribution >= 4 is 11.9 Å². The van der Waals surface area contributed by atoms with Crippen LogP contribution in [0.15, 0.2) is 48.6 Å². The number of esters is 1. The Hall–Kier alpha value is -2.18. The molecule has 0 fully saturated rings. The zero-order valence-electron chi connectivity index (χ0n) is 53.1. The average Bonchev–Trinajstić information content (AvgIpc) is 3.45. The van der Waals surface area contributed by atoms with Crippen molar-refractivity contribution in [3.63, 3.8) is 0 Å². The molecule has 0 aliphatic heterocycles. The minimum absolute atomic E-state index is 0.000249. The molecule has 464 valence electrons. The molecular formula is C73H137NO5. The summed E-state index contributed by atoms with van der Waals surface area (Å²) in [5.41, 5.74) is 0. The van der Waals surface area contributed by atoms with E-state index < -0.39 is 12.1 Å². The van der Waals surface area contributed by atoms with Gasteiger partial charge in [0.1, 0.15) is 0 Å². The van der Waals surface area contributed by atoms with Gasteiger partial charge in [-0.05, 0) is 89.9 Å². The lowest BCUT2D eigenvalue weighted by molar-refractivity contribution is -0.143. The highest BCUT2D eigenvalue weighted by molar-refractivity contribution is 5.76. The van der Waals surface area contributed by atoms with E-state index in [-0.39, 0.29) is 18.5 Å². The summed E-state index contributed by atoms with van der Waals surface area (Å²) in [6.07, 6.45) is 89.0. The fraction of sp³-hybridized carbons (Fsp3) is 0.863. The van der Waals surface area contributed by atoms with Crippen molar-refractivity contribution in [2.24, 2.45) is 0 Å². The summed E-state index contributed by atoms with van der Waals surface area (Å²) in [4.78, 5) is 24.6.